The van der Waals surface area contributed by atoms with E-state index in [2.05, 4.69) is 0 Å². The zero-order valence-corrected chi connectivity index (χ0v) is 21.0. The normalized spacial score (nSPS) is 17.8. The molecule has 0 radical (unpaired) electrons. The predicted octanol–water partition coefficient (Wildman–Crippen LogP) is 5.98. The zero-order valence-electron chi connectivity index (χ0n) is 19.2. The van der Waals surface area contributed by atoms with Crippen LogP contribution in [0, 0.1) is 11.8 Å². The largest absolute Gasteiger partial charge is 0.383 e. The Balaban J connectivity index is 2.59. The fraction of sp³-hybridized carbons (Fsp3) is 0.500. The summed E-state index contributed by atoms with van der Waals surface area (Å²) in [6.07, 6.45) is 0.697. The minimum absolute atomic E-state index is 0.118. The van der Waals surface area contributed by atoms with Crippen molar-refractivity contribution >= 4 is 25.3 Å². The quantitative estimate of drug-likeness (QED) is 0.390. The number of hydrogen-bond donors (Lipinski definition) is 1. The van der Waals surface area contributed by atoms with Crippen LogP contribution in [-0.2, 0) is 18.2 Å². The van der Waals surface area contributed by atoms with Crippen LogP contribution in [0.5, 0.6) is 0 Å². The van der Waals surface area contributed by atoms with Crippen LogP contribution in [0.2, 0.25) is 0 Å². The maximum atomic E-state index is 14.3. The van der Waals surface area contributed by atoms with Crippen LogP contribution in [-0.4, -0.2) is 23.4 Å². The Hall–Kier alpha value is -1.22. The Morgan fingerprint density at radius 3 is 1.65 bits per heavy atom. The molecule has 0 bridgehead atoms. The van der Waals surface area contributed by atoms with E-state index in [1.54, 1.807) is 55.5 Å². The van der Waals surface area contributed by atoms with Crippen molar-refractivity contribution in [1.29, 1.82) is 0 Å². The molecule has 0 saturated heterocycles. The van der Waals surface area contributed by atoms with E-state index in [-0.39, 0.29) is 18.4 Å². The van der Waals surface area contributed by atoms with Crippen molar-refractivity contribution in [1.82, 2.24) is 0 Å². The van der Waals surface area contributed by atoms with E-state index >= 15 is 0 Å². The first-order chi connectivity index (χ1) is 14.6. The molecule has 4 atom stereocenters. The molecule has 0 amide bonds. The van der Waals surface area contributed by atoms with Crippen LogP contribution in [0.3, 0.4) is 0 Å². The first kappa shape index (κ1) is 26.0. The van der Waals surface area contributed by atoms with Crippen molar-refractivity contribution in [3.8, 4) is 0 Å². The number of aliphatic hydroxyl groups excluding tert-OH is 1. The molecule has 0 aromatic heterocycles. The lowest BCUT2D eigenvalue weighted by Gasteiger charge is -2.34. The van der Waals surface area contributed by atoms with Crippen molar-refractivity contribution in [2.75, 3.05) is 6.61 Å². The molecule has 0 saturated carbocycles. The fourth-order valence-electron chi connectivity index (χ4n) is 3.48. The molecule has 0 heterocycles. The first-order valence-electron chi connectivity index (χ1n) is 10.9. The Bertz CT molecular complexity index is 883. The minimum Gasteiger partial charge on any atom is -0.383 e. The Kier molecular flexibility index (Phi) is 9.73. The van der Waals surface area contributed by atoms with Gasteiger partial charge in [-0.15, -0.1) is 0 Å². The minimum atomic E-state index is -3.77. The van der Waals surface area contributed by atoms with Gasteiger partial charge in [0.2, 0.25) is 0 Å². The molecule has 0 aliphatic carbocycles. The van der Waals surface area contributed by atoms with Gasteiger partial charge in [0.25, 0.3) is 14.7 Å². The molecule has 2 aromatic rings. The molecule has 0 spiro atoms. The summed E-state index contributed by atoms with van der Waals surface area (Å²) in [6, 6.07) is 17.7. The SMILES string of the molecule is CCOP(=O)(c1ccccc1)[C@H](CC(C)C)OP(=O)(c1ccccc1)[C@H](O)CC(C)C. The Morgan fingerprint density at radius 2 is 1.23 bits per heavy atom. The van der Waals surface area contributed by atoms with Gasteiger partial charge in [0.05, 0.1) is 6.61 Å². The predicted molar refractivity (Wildman–Crippen MR) is 129 cm³/mol. The van der Waals surface area contributed by atoms with E-state index in [4.69, 9.17) is 9.05 Å². The van der Waals surface area contributed by atoms with E-state index in [1.165, 1.54) is 0 Å². The lowest BCUT2D eigenvalue weighted by Crippen LogP contribution is -2.29. The molecule has 0 aliphatic heterocycles. The second kappa shape index (κ2) is 11.6. The molecular formula is C24H36O5P2. The summed E-state index contributed by atoms with van der Waals surface area (Å²) in [5, 5.41) is 12.0. The number of benzene rings is 2. The summed E-state index contributed by atoms with van der Waals surface area (Å²) in [6.45, 7) is 9.92. The average Bonchev–Trinajstić information content (AvgIpc) is 2.73. The van der Waals surface area contributed by atoms with Gasteiger partial charge in [-0.25, -0.2) is 0 Å². The topological polar surface area (TPSA) is 72.8 Å². The Labute approximate surface area is 187 Å². The summed E-state index contributed by atoms with van der Waals surface area (Å²) >= 11 is 0. The van der Waals surface area contributed by atoms with Gasteiger partial charge in [-0.1, -0.05) is 64.1 Å². The van der Waals surface area contributed by atoms with Crippen LogP contribution in [0.25, 0.3) is 0 Å². The average molecular weight is 466 g/mol. The van der Waals surface area contributed by atoms with Crippen LogP contribution < -0.4 is 10.6 Å². The highest BCUT2D eigenvalue weighted by atomic mass is 31.2. The first-order valence-corrected chi connectivity index (χ1v) is 14.3. The molecule has 2 rings (SSSR count). The van der Waals surface area contributed by atoms with Crippen molar-refractivity contribution in [2.45, 2.75) is 59.2 Å². The van der Waals surface area contributed by atoms with Crippen molar-refractivity contribution in [3.05, 3.63) is 60.7 Å². The lowest BCUT2D eigenvalue weighted by atomic mass is 10.1. The molecular weight excluding hydrogens is 430 g/mol. The van der Waals surface area contributed by atoms with Crippen molar-refractivity contribution < 1.29 is 23.3 Å². The smallest absolute Gasteiger partial charge is 0.260 e. The summed E-state index contributed by atoms with van der Waals surface area (Å²) in [5.74, 6) is -1.90. The van der Waals surface area contributed by atoms with Gasteiger partial charge >= 0.3 is 0 Å². The molecule has 0 aliphatic rings. The monoisotopic (exact) mass is 466 g/mol. The standard InChI is InChI=1S/C24H36O5P2/c1-6-28-31(27,22-15-11-8-12-16-22)24(18-20(4)5)29-30(26,23(25)17-19(2)3)21-13-9-7-10-14-21/h7-16,19-20,23-25H,6,17-18H2,1-5H3/t23-,24+,30?,31?/m0/s1. The van der Waals surface area contributed by atoms with Gasteiger partial charge in [0.1, 0.15) is 11.7 Å². The molecule has 7 heteroatoms. The lowest BCUT2D eigenvalue weighted by molar-refractivity contribution is 0.166. The van der Waals surface area contributed by atoms with Crippen LogP contribution in [0.15, 0.2) is 60.7 Å². The highest BCUT2D eigenvalue weighted by Gasteiger charge is 2.45. The highest BCUT2D eigenvalue weighted by Crippen LogP contribution is 2.62. The molecule has 0 fully saturated rings. The second-order valence-corrected chi connectivity index (χ2v) is 13.6. The van der Waals surface area contributed by atoms with Crippen molar-refractivity contribution in [2.24, 2.45) is 11.8 Å². The highest BCUT2D eigenvalue weighted by molar-refractivity contribution is 7.70. The number of aliphatic hydroxyl groups is 1. The maximum Gasteiger partial charge on any atom is 0.260 e. The third-order valence-corrected chi connectivity index (χ3v) is 10.4. The molecule has 2 unspecified atom stereocenters. The molecule has 1 N–H and O–H groups in total. The third-order valence-electron chi connectivity index (χ3n) is 4.96. The van der Waals surface area contributed by atoms with Crippen LogP contribution in [0.1, 0.15) is 47.5 Å². The summed E-state index contributed by atoms with van der Waals surface area (Å²) < 4.78 is 40.7. The Morgan fingerprint density at radius 1 is 0.774 bits per heavy atom. The third kappa shape index (κ3) is 6.63. The summed E-state index contributed by atoms with van der Waals surface area (Å²) in [5.41, 5.74) is 0. The van der Waals surface area contributed by atoms with Gasteiger partial charge in [-0.3, -0.25) is 9.13 Å². The van der Waals surface area contributed by atoms with Crippen LogP contribution in [0.4, 0.5) is 0 Å². The van der Waals surface area contributed by atoms with E-state index < -0.39 is 26.4 Å². The van der Waals surface area contributed by atoms with Gasteiger partial charge in [0, 0.05) is 10.6 Å². The molecule has 172 valence electrons. The van der Waals surface area contributed by atoms with Gasteiger partial charge in [-0.05, 0) is 55.9 Å². The molecule has 2 aromatic carbocycles. The van der Waals surface area contributed by atoms with Gasteiger partial charge in [-0.2, -0.15) is 0 Å². The van der Waals surface area contributed by atoms with Gasteiger partial charge in [0.15, 0.2) is 0 Å². The van der Waals surface area contributed by atoms with Crippen molar-refractivity contribution in [3.63, 3.8) is 0 Å². The van der Waals surface area contributed by atoms with E-state index in [0.717, 1.165) is 0 Å². The summed E-state index contributed by atoms with van der Waals surface area (Å²) in [7, 11) is -7.30. The van der Waals surface area contributed by atoms with E-state index in [1.807, 2.05) is 39.8 Å². The molecule has 31 heavy (non-hydrogen) atoms. The van der Waals surface area contributed by atoms with Gasteiger partial charge < -0.3 is 14.2 Å². The fourth-order valence-corrected chi connectivity index (χ4v) is 9.05. The zero-order chi connectivity index (χ0) is 23.1. The van der Waals surface area contributed by atoms with Crippen LogP contribution >= 0.6 is 14.7 Å². The summed E-state index contributed by atoms with van der Waals surface area (Å²) in [4.78, 5) is 0. The number of hydrogen-bond acceptors (Lipinski definition) is 5. The van der Waals surface area contributed by atoms with E-state index in [9.17, 15) is 14.2 Å². The van der Waals surface area contributed by atoms with E-state index in [0.29, 0.717) is 23.5 Å². The molecule has 5 nitrogen and oxygen atoms in total. The second-order valence-electron chi connectivity index (χ2n) is 8.58. The number of rotatable bonds is 12. The maximum absolute atomic E-state index is 14.3.